The van der Waals surface area contributed by atoms with Crippen molar-refractivity contribution in [3.05, 3.63) is 30.1 Å². The Morgan fingerprint density at radius 3 is 2.72 bits per heavy atom. The maximum absolute atomic E-state index is 12.5. The molecule has 10 nitrogen and oxygen atoms in total. The third kappa shape index (κ3) is 3.70. The fraction of sp³-hybridized carbons (Fsp3) is 0.476. The number of H-pyrrole nitrogens is 1. The van der Waals surface area contributed by atoms with Crippen LogP contribution in [0, 0.1) is 0 Å². The van der Waals surface area contributed by atoms with Crippen LogP contribution in [-0.2, 0) is 16.4 Å². The number of nitrogens with zero attached hydrogens (tertiary/aromatic N) is 5. The van der Waals surface area contributed by atoms with Crippen LogP contribution in [0.5, 0.6) is 0 Å². The van der Waals surface area contributed by atoms with Gasteiger partial charge in [0.2, 0.25) is 16.0 Å². The molecule has 0 atom stereocenters. The Balaban J connectivity index is 1.49. The Morgan fingerprint density at radius 2 is 1.97 bits per heavy atom. The van der Waals surface area contributed by atoms with Gasteiger partial charge in [-0.05, 0) is 55.9 Å². The highest BCUT2D eigenvalue weighted by molar-refractivity contribution is 7.89. The topological polar surface area (TPSA) is 133 Å². The largest absolute Gasteiger partial charge is 0.351 e. The molecule has 0 bridgehead atoms. The summed E-state index contributed by atoms with van der Waals surface area (Å²) in [7, 11) is -0.400. The monoisotopic (exact) mass is 456 g/mol. The van der Waals surface area contributed by atoms with E-state index in [4.69, 9.17) is 10.7 Å². The van der Waals surface area contributed by atoms with E-state index in [1.54, 1.807) is 32.6 Å². The fourth-order valence-electron chi connectivity index (χ4n) is 4.49. The molecule has 0 amide bonds. The molecule has 0 spiro atoms. The Kier molecular flexibility index (Phi) is 5.26. The van der Waals surface area contributed by atoms with E-state index in [9.17, 15) is 8.42 Å². The minimum absolute atomic E-state index is 0.280. The first-order valence-electron chi connectivity index (χ1n) is 10.9. The van der Waals surface area contributed by atoms with Crippen molar-refractivity contribution in [3.8, 4) is 0 Å². The van der Waals surface area contributed by atoms with Gasteiger partial charge in [0.1, 0.15) is 0 Å². The molecule has 11 heteroatoms. The lowest BCUT2D eigenvalue weighted by molar-refractivity contribution is 0.410. The molecule has 2 aliphatic rings. The van der Waals surface area contributed by atoms with Crippen LogP contribution in [0.1, 0.15) is 31.2 Å². The first-order valence-corrected chi connectivity index (χ1v) is 12.3. The molecule has 0 unspecified atom stereocenters. The maximum Gasteiger partial charge on any atom is 0.242 e. The van der Waals surface area contributed by atoms with Crippen molar-refractivity contribution < 1.29 is 8.42 Å². The highest BCUT2D eigenvalue weighted by Gasteiger charge is 2.28. The van der Waals surface area contributed by atoms with Gasteiger partial charge in [0.05, 0.1) is 11.2 Å². The second kappa shape index (κ2) is 7.98. The molecule has 32 heavy (non-hydrogen) atoms. The van der Waals surface area contributed by atoms with Crippen molar-refractivity contribution >= 4 is 38.6 Å². The average Bonchev–Trinajstić information content (AvgIpc) is 3.41. The summed E-state index contributed by atoms with van der Waals surface area (Å²) in [5, 5.41) is 3.48. The van der Waals surface area contributed by atoms with Crippen LogP contribution in [0.3, 0.4) is 0 Å². The van der Waals surface area contributed by atoms with Gasteiger partial charge in [0.15, 0.2) is 17.0 Å². The molecule has 4 N–H and O–H groups in total. The number of rotatable bonds is 5. The zero-order valence-corrected chi connectivity index (χ0v) is 19.1. The lowest BCUT2D eigenvalue weighted by Crippen LogP contribution is -2.33. The first-order chi connectivity index (χ1) is 15.3. The van der Waals surface area contributed by atoms with Crippen molar-refractivity contribution in [2.45, 2.75) is 49.1 Å². The van der Waals surface area contributed by atoms with Gasteiger partial charge in [-0.1, -0.05) is 0 Å². The number of anilines is 3. The molecule has 0 radical (unpaired) electrons. The molecule has 1 fully saturated rings. The molecule has 3 aromatic rings. The number of fused-ring (bicyclic) bond motifs is 2. The molecule has 1 saturated carbocycles. The highest BCUT2D eigenvalue weighted by Crippen LogP contribution is 2.38. The Morgan fingerprint density at radius 1 is 1.19 bits per heavy atom. The number of aromatic nitrogens is 4. The minimum atomic E-state index is -3.48. The van der Waals surface area contributed by atoms with Crippen LogP contribution in [0.2, 0.25) is 0 Å². The third-order valence-corrected chi connectivity index (χ3v) is 8.16. The van der Waals surface area contributed by atoms with E-state index in [0.29, 0.717) is 40.4 Å². The molecule has 170 valence electrons. The van der Waals surface area contributed by atoms with Crippen LogP contribution in [0.4, 0.5) is 17.5 Å². The second-order valence-electron chi connectivity index (χ2n) is 8.71. The van der Waals surface area contributed by atoms with E-state index in [0.717, 1.165) is 43.4 Å². The summed E-state index contributed by atoms with van der Waals surface area (Å²) < 4.78 is 26.3. The number of sulfonamides is 1. The smallest absolute Gasteiger partial charge is 0.242 e. The van der Waals surface area contributed by atoms with E-state index in [2.05, 4.69) is 25.2 Å². The van der Waals surface area contributed by atoms with Gasteiger partial charge in [-0.25, -0.2) is 17.7 Å². The predicted molar refractivity (Wildman–Crippen MR) is 124 cm³/mol. The molecule has 1 aliphatic carbocycles. The normalized spacial score (nSPS) is 21.3. The van der Waals surface area contributed by atoms with E-state index >= 15 is 0 Å². The number of hydrogen-bond acceptors (Lipinski definition) is 8. The van der Waals surface area contributed by atoms with Crippen LogP contribution in [0.25, 0.3) is 11.2 Å². The summed E-state index contributed by atoms with van der Waals surface area (Å²) in [6, 6.07) is 5.85. The van der Waals surface area contributed by atoms with Crippen LogP contribution in [-0.4, -0.2) is 65.4 Å². The second-order valence-corrected chi connectivity index (χ2v) is 10.9. The number of hydrogen-bond donors (Lipinski definition) is 3. The Hall–Kier alpha value is -2.76. The Bertz CT molecular complexity index is 1250. The summed E-state index contributed by atoms with van der Waals surface area (Å²) in [6.45, 7) is 0.692. The van der Waals surface area contributed by atoms with Gasteiger partial charge in [0, 0.05) is 38.4 Å². The van der Waals surface area contributed by atoms with E-state index in [-0.39, 0.29) is 6.04 Å². The van der Waals surface area contributed by atoms with Crippen LogP contribution in [0.15, 0.2) is 29.4 Å². The molecule has 5 rings (SSSR count). The highest BCUT2D eigenvalue weighted by atomic mass is 32.2. The first kappa shape index (κ1) is 21.1. The Labute approximate surface area is 187 Å². The molecular formula is C21H28N8O2S. The lowest BCUT2D eigenvalue weighted by atomic mass is 9.92. The number of imidazole rings is 1. The van der Waals surface area contributed by atoms with Crippen molar-refractivity contribution in [3.63, 3.8) is 0 Å². The predicted octanol–water partition coefficient (Wildman–Crippen LogP) is 1.98. The third-order valence-electron chi connectivity index (χ3n) is 6.35. The zero-order valence-electron chi connectivity index (χ0n) is 18.2. The van der Waals surface area contributed by atoms with Crippen molar-refractivity contribution in [2.24, 2.45) is 5.73 Å². The molecule has 0 saturated heterocycles. The van der Waals surface area contributed by atoms with Gasteiger partial charge in [-0.3, -0.25) is 0 Å². The van der Waals surface area contributed by atoms with E-state index < -0.39 is 10.0 Å². The number of aromatic amines is 1. The quantitative estimate of drug-likeness (QED) is 0.531. The number of nitrogens with one attached hydrogen (secondary N) is 2. The van der Waals surface area contributed by atoms with Gasteiger partial charge in [0.25, 0.3) is 0 Å². The zero-order chi connectivity index (χ0) is 22.5. The lowest BCUT2D eigenvalue weighted by Gasteiger charge is -2.27. The standard InChI is InChI=1S/C21H28N8O2S/c1-28(2)32(30,31)16-7-8-17-13(11-16)9-10-29(17)20-18-19(24-12-23-18)26-21(27-20)25-15-5-3-14(22)4-6-15/h7-8,11-12,14-15H,3-6,9-10,22H2,1-2H3,(H2,23,24,25,26,27)/t14-,15-. The summed E-state index contributed by atoms with van der Waals surface area (Å²) >= 11 is 0. The molecule has 1 aliphatic heterocycles. The summed E-state index contributed by atoms with van der Waals surface area (Å²) in [5.74, 6) is 1.28. The summed E-state index contributed by atoms with van der Waals surface area (Å²) in [6.07, 6.45) is 6.33. The summed E-state index contributed by atoms with van der Waals surface area (Å²) in [5.41, 5.74) is 9.33. The average molecular weight is 457 g/mol. The maximum atomic E-state index is 12.5. The van der Waals surface area contributed by atoms with Crippen molar-refractivity contribution in [1.29, 1.82) is 0 Å². The van der Waals surface area contributed by atoms with Crippen molar-refractivity contribution in [2.75, 3.05) is 30.9 Å². The minimum Gasteiger partial charge on any atom is -0.351 e. The fourth-order valence-corrected chi connectivity index (χ4v) is 5.44. The molecule has 3 heterocycles. The SMILES string of the molecule is CN(C)S(=O)(=O)c1ccc2c(c1)CCN2c1nc(N[C@H]2CC[C@H](N)CC2)nc2[nH]cnc12. The van der Waals surface area contributed by atoms with Gasteiger partial charge >= 0.3 is 0 Å². The molecule has 2 aromatic heterocycles. The van der Waals surface area contributed by atoms with Crippen molar-refractivity contribution in [1.82, 2.24) is 24.2 Å². The van der Waals surface area contributed by atoms with E-state index in [1.807, 2.05) is 6.07 Å². The van der Waals surface area contributed by atoms with Gasteiger partial charge < -0.3 is 20.9 Å². The van der Waals surface area contributed by atoms with Crippen LogP contribution >= 0.6 is 0 Å². The number of nitrogens with two attached hydrogens (primary N) is 1. The summed E-state index contributed by atoms with van der Waals surface area (Å²) in [4.78, 5) is 19.4. The van der Waals surface area contributed by atoms with Gasteiger partial charge in [-0.15, -0.1) is 0 Å². The van der Waals surface area contributed by atoms with Crippen LogP contribution < -0.4 is 16.0 Å². The van der Waals surface area contributed by atoms with Gasteiger partial charge in [-0.2, -0.15) is 9.97 Å². The molecular weight excluding hydrogens is 428 g/mol. The molecule has 1 aromatic carbocycles. The number of benzene rings is 1. The van der Waals surface area contributed by atoms with E-state index in [1.165, 1.54) is 4.31 Å².